The van der Waals surface area contributed by atoms with Crippen molar-refractivity contribution in [1.29, 1.82) is 0 Å². The summed E-state index contributed by atoms with van der Waals surface area (Å²) in [5.41, 5.74) is 3.69. The standard InChI is InChI=1S/C23H31N5O3S/c1-16(2)31-14-13-28-22-20(25-21(23(28)29)24-12-15-32(5)30)11-10-19(26-22)17-6-8-18(9-7-17)27(3)4/h6-11,16H,12-15H2,1-5H3,(H,24,25). The molecule has 9 heteroatoms. The molecule has 0 bridgehead atoms. The molecule has 1 unspecified atom stereocenters. The highest BCUT2D eigenvalue weighted by Crippen LogP contribution is 2.23. The Morgan fingerprint density at radius 2 is 1.84 bits per heavy atom. The van der Waals surface area contributed by atoms with Gasteiger partial charge in [-0.25, -0.2) is 9.97 Å². The van der Waals surface area contributed by atoms with Crippen molar-refractivity contribution in [2.45, 2.75) is 26.5 Å². The van der Waals surface area contributed by atoms with Gasteiger partial charge >= 0.3 is 0 Å². The maximum Gasteiger partial charge on any atom is 0.295 e. The molecule has 3 aromatic rings. The second kappa shape index (κ2) is 10.7. The highest BCUT2D eigenvalue weighted by atomic mass is 32.2. The minimum Gasteiger partial charge on any atom is -0.378 e. The summed E-state index contributed by atoms with van der Waals surface area (Å²) in [6.07, 6.45) is 1.70. The van der Waals surface area contributed by atoms with E-state index in [4.69, 9.17) is 9.72 Å². The van der Waals surface area contributed by atoms with E-state index < -0.39 is 10.8 Å². The summed E-state index contributed by atoms with van der Waals surface area (Å²) < 4.78 is 18.7. The number of nitrogens with one attached hydrogen (secondary N) is 1. The molecule has 0 saturated carbocycles. The van der Waals surface area contributed by atoms with E-state index in [1.54, 1.807) is 10.8 Å². The third kappa shape index (κ3) is 5.92. The van der Waals surface area contributed by atoms with Crippen molar-refractivity contribution >= 4 is 33.5 Å². The Balaban J connectivity index is 2.02. The molecule has 3 rings (SSSR count). The van der Waals surface area contributed by atoms with Crippen LogP contribution in [0.25, 0.3) is 22.4 Å². The van der Waals surface area contributed by atoms with E-state index in [9.17, 15) is 9.00 Å². The van der Waals surface area contributed by atoms with Crippen LogP contribution in [-0.2, 0) is 22.1 Å². The van der Waals surface area contributed by atoms with Crippen LogP contribution in [-0.4, -0.2) is 64.1 Å². The van der Waals surface area contributed by atoms with Crippen LogP contribution in [0.1, 0.15) is 13.8 Å². The molecule has 32 heavy (non-hydrogen) atoms. The number of nitrogens with zero attached hydrogens (tertiary/aromatic N) is 4. The van der Waals surface area contributed by atoms with Gasteiger partial charge in [-0.3, -0.25) is 13.6 Å². The quantitative estimate of drug-likeness (QED) is 0.501. The molecule has 8 nitrogen and oxygen atoms in total. The van der Waals surface area contributed by atoms with Gasteiger partial charge in [0.15, 0.2) is 11.5 Å². The SMILES string of the molecule is CC(C)OCCn1c(=O)c(NCCS(C)=O)nc2ccc(-c3ccc(N(C)C)cc3)nc21. The monoisotopic (exact) mass is 457 g/mol. The largest absolute Gasteiger partial charge is 0.378 e. The Bertz CT molecular complexity index is 1140. The zero-order valence-electron chi connectivity index (χ0n) is 19.3. The van der Waals surface area contributed by atoms with E-state index >= 15 is 0 Å². The normalized spacial score (nSPS) is 12.3. The van der Waals surface area contributed by atoms with Gasteiger partial charge in [0.05, 0.1) is 24.9 Å². The van der Waals surface area contributed by atoms with Crippen molar-refractivity contribution in [2.24, 2.45) is 0 Å². The molecular formula is C23H31N5O3S. The first kappa shape index (κ1) is 23.9. The maximum absolute atomic E-state index is 13.2. The first-order valence-corrected chi connectivity index (χ1v) is 12.3. The summed E-state index contributed by atoms with van der Waals surface area (Å²) in [5, 5.41) is 3.03. The molecule has 0 spiro atoms. The van der Waals surface area contributed by atoms with Crippen LogP contribution in [0.3, 0.4) is 0 Å². The summed E-state index contributed by atoms with van der Waals surface area (Å²) in [5.74, 6) is 0.674. The molecule has 1 atom stereocenters. The lowest BCUT2D eigenvalue weighted by atomic mass is 10.1. The van der Waals surface area contributed by atoms with Crippen LogP contribution >= 0.6 is 0 Å². The highest BCUT2D eigenvalue weighted by molar-refractivity contribution is 7.84. The molecule has 0 aliphatic carbocycles. The summed E-state index contributed by atoms with van der Waals surface area (Å²) in [4.78, 5) is 24.5. The number of hydrogen-bond donors (Lipinski definition) is 1. The third-order valence-electron chi connectivity index (χ3n) is 4.92. The molecule has 2 heterocycles. The van der Waals surface area contributed by atoms with Gasteiger partial charge in [0, 0.05) is 54.7 Å². The third-order valence-corrected chi connectivity index (χ3v) is 5.70. The van der Waals surface area contributed by atoms with Gasteiger partial charge in [-0.05, 0) is 38.1 Å². The van der Waals surface area contributed by atoms with Gasteiger partial charge < -0.3 is 15.0 Å². The predicted molar refractivity (Wildman–Crippen MR) is 132 cm³/mol. The molecule has 0 radical (unpaired) electrons. The average Bonchev–Trinajstić information content (AvgIpc) is 2.75. The van der Waals surface area contributed by atoms with E-state index in [0.29, 0.717) is 36.6 Å². The van der Waals surface area contributed by atoms with Gasteiger partial charge in [-0.15, -0.1) is 0 Å². The molecule has 0 aliphatic heterocycles. The van der Waals surface area contributed by atoms with E-state index in [0.717, 1.165) is 16.9 Å². The maximum atomic E-state index is 13.2. The van der Waals surface area contributed by atoms with E-state index in [1.165, 1.54) is 0 Å². The summed E-state index contributed by atoms with van der Waals surface area (Å²) in [6, 6.07) is 11.9. The zero-order chi connectivity index (χ0) is 23.3. The second-order valence-corrected chi connectivity index (χ2v) is 9.58. The van der Waals surface area contributed by atoms with Crippen LogP contribution < -0.4 is 15.8 Å². The summed E-state index contributed by atoms with van der Waals surface area (Å²) >= 11 is 0. The molecule has 1 N–H and O–H groups in total. The van der Waals surface area contributed by atoms with Gasteiger partial charge in [-0.2, -0.15) is 0 Å². The van der Waals surface area contributed by atoms with Crippen molar-refractivity contribution in [3.8, 4) is 11.3 Å². The Kier molecular flexibility index (Phi) is 7.98. The van der Waals surface area contributed by atoms with Crippen molar-refractivity contribution in [3.05, 3.63) is 46.8 Å². The number of ether oxygens (including phenoxy) is 1. The Labute approximate surface area is 191 Å². The minimum atomic E-state index is -0.952. The number of pyridine rings is 1. The number of anilines is 2. The smallest absolute Gasteiger partial charge is 0.295 e. The molecule has 2 aromatic heterocycles. The minimum absolute atomic E-state index is 0.0645. The van der Waals surface area contributed by atoms with Crippen molar-refractivity contribution < 1.29 is 8.95 Å². The van der Waals surface area contributed by atoms with E-state index in [-0.39, 0.29) is 17.5 Å². The molecule has 1 aromatic carbocycles. The van der Waals surface area contributed by atoms with E-state index in [2.05, 4.69) is 10.3 Å². The Morgan fingerprint density at radius 1 is 1.12 bits per heavy atom. The lowest BCUT2D eigenvalue weighted by Gasteiger charge is -2.15. The summed E-state index contributed by atoms with van der Waals surface area (Å²) in [6.45, 7) is 5.07. The van der Waals surface area contributed by atoms with Crippen molar-refractivity contribution in [1.82, 2.24) is 14.5 Å². The lowest BCUT2D eigenvalue weighted by Crippen LogP contribution is -2.29. The van der Waals surface area contributed by atoms with Gasteiger partial charge in [0.1, 0.15) is 5.52 Å². The molecule has 0 fully saturated rings. The summed E-state index contributed by atoms with van der Waals surface area (Å²) in [7, 11) is 3.04. The fourth-order valence-electron chi connectivity index (χ4n) is 3.23. The van der Waals surface area contributed by atoms with E-state index in [1.807, 2.05) is 69.2 Å². The zero-order valence-corrected chi connectivity index (χ0v) is 20.1. The fraction of sp³-hybridized carbons (Fsp3) is 0.435. The fourth-order valence-corrected chi connectivity index (χ4v) is 3.62. The topological polar surface area (TPSA) is 89.3 Å². The van der Waals surface area contributed by atoms with Gasteiger partial charge in [0.25, 0.3) is 5.56 Å². The first-order chi connectivity index (χ1) is 15.3. The van der Waals surface area contributed by atoms with Gasteiger partial charge in [0.2, 0.25) is 0 Å². The van der Waals surface area contributed by atoms with Crippen molar-refractivity contribution in [3.63, 3.8) is 0 Å². The molecule has 0 amide bonds. The number of hydrogen-bond acceptors (Lipinski definition) is 7. The molecular weight excluding hydrogens is 426 g/mol. The number of aromatic nitrogens is 3. The number of fused-ring (bicyclic) bond motifs is 1. The predicted octanol–water partition coefficient (Wildman–Crippen LogP) is 2.74. The Hall–Kier alpha value is -2.78. The molecule has 0 saturated heterocycles. The Morgan fingerprint density at radius 3 is 2.47 bits per heavy atom. The molecule has 172 valence electrons. The van der Waals surface area contributed by atoms with Crippen LogP contribution in [0.15, 0.2) is 41.2 Å². The lowest BCUT2D eigenvalue weighted by molar-refractivity contribution is 0.0728. The molecule has 0 aliphatic rings. The number of benzene rings is 1. The van der Waals surface area contributed by atoms with Crippen LogP contribution in [0.4, 0.5) is 11.5 Å². The van der Waals surface area contributed by atoms with Gasteiger partial charge in [-0.1, -0.05) is 12.1 Å². The second-order valence-electron chi connectivity index (χ2n) is 8.02. The highest BCUT2D eigenvalue weighted by Gasteiger charge is 2.14. The van der Waals surface area contributed by atoms with Crippen LogP contribution in [0.5, 0.6) is 0 Å². The van der Waals surface area contributed by atoms with Crippen molar-refractivity contribution in [2.75, 3.05) is 49.5 Å². The average molecular weight is 458 g/mol. The van der Waals surface area contributed by atoms with Crippen LogP contribution in [0, 0.1) is 0 Å². The van der Waals surface area contributed by atoms with Crippen LogP contribution in [0.2, 0.25) is 0 Å². The number of rotatable bonds is 10. The first-order valence-electron chi connectivity index (χ1n) is 10.6.